The van der Waals surface area contributed by atoms with Gasteiger partial charge in [0.25, 0.3) is 0 Å². The molecular weight excluding hydrogens is 240 g/mol. The summed E-state index contributed by atoms with van der Waals surface area (Å²) in [6.07, 6.45) is 4.50. The summed E-state index contributed by atoms with van der Waals surface area (Å²) in [4.78, 5) is 0. The first-order valence-electron chi connectivity index (χ1n) is 6.36. The van der Waals surface area contributed by atoms with Crippen LogP contribution < -0.4 is 5.32 Å². The Kier molecular flexibility index (Phi) is 4.26. The van der Waals surface area contributed by atoms with Gasteiger partial charge in [-0.1, -0.05) is 49.1 Å². The smallest absolute Gasteiger partial charge is 0.0590 e. The predicted octanol–water partition coefficient (Wildman–Crippen LogP) is 3.99. The molecule has 2 aromatic rings. The van der Waals surface area contributed by atoms with Gasteiger partial charge in [0, 0.05) is 24.3 Å². The number of aryl methyl sites for hydroxylation is 2. The normalized spacial score (nSPS) is 11.8. The highest BCUT2D eigenvalue weighted by atomic mass is 32.1. The lowest BCUT2D eigenvalue weighted by molar-refractivity contribution is 0.921. The fraction of sp³-hybridized carbons (Fsp3) is 0.333. The molecule has 0 fully saturated rings. The molecule has 0 radical (unpaired) electrons. The number of nitrogens with one attached hydrogen (secondary N) is 1. The van der Waals surface area contributed by atoms with Crippen LogP contribution in [-0.2, 0) is 6.42 Å². The molecule has 0 saturated heterocycles. The molecule has 0 aliphatic carbocycles. The third-order valence-electron chi connectivity index (χ3n) is 3.00. The molecule has 1 aromatic carbocycles. The van der Waals surface area contributed by atoms with Crippen LogP contribution in [0.2, 0.25) is 0 Å². The lowest BCUT2D eigenvalue weighted by Crippen LogP contribution is -2.07. The molecule has 0 amide bonds. The van der Waals surface area contributed by atoms with E-state index in [9.17, 15) is 0 Å². The van der Waals surface area contributed by atoms with E-state index >= 15 is 0 Å². The average Bonchev–Trinajstić information content (AvgIpc) is 2.40. The molecule has 2 rings (SSSR count). The van der Waals surface area contributed by atoms with Crippen molar-refractivity contribution in [2.24, 2.45) is 0 Å². The van der Waals surface area contributed by atoms with Gasteiger partial charge in [-0.05, 0) is 24.5 Å². The van der Waals surface area contributed by atoms with Crippen molar-refractivity contribution in [2.75, 3.05) is 7.05 Å². The molecule has 1 heterocycles. The molecule has 1 aromatic heterocycles. The summed E-state index contributed by atoms with van der Waals surface area (Å²) in [6.45, 7) is 4.33. The van der Waals surface area contributed by atoms with Gasteiger partial charge < -0.3 is 5.32 Å². The van der Waals surface area contributed by atoms with Gasteiger partial charge in [-0.2, -0.15) is 0 Å². The summed E-state index contributed by atoms with van der Waals surface area (Å²) in [5.41, 5.74) is 5.08. The number of hydrogen-bond donors (Lipinski definition) is 1. The van der Waals surface area contributed by atoms with Gasteiger partial charge in [-0.3, -0.25) is 3.96 Å². The Morgan fingerprint density at radius 3 is 2.50 bits per heavy atom. The lowest BCUT2D eigenvalue weighted by atomic mass is 10.1. The second kappa shape index (κ2) is 5.91. The zero-order valence-corrected chi connectivity index (χ0v) is 12.1. The van der Waals surface area contributed by atoms with E-state index in [0.717, 1.165) is 12.1 Å². The number of nitrogens with zero attached hydrogens (tertiary/aromatic N) is 1. The topological polar surface area (TPSA) is 17.0 Å². The molecule has 0 spiro atoms. The van der Waals surface area contributed by atoms with Crippen LogP contribution in [-0.4, -0.2) is 11.0 Å². The standard InChI is InChI=1S/C15H20N2S/c1-4-5-13-6-8-14(9-7-13)15(16-3)10-17-12(2)11-18-17/h6-11,16H,4-5H2,1-3H3/b15-10-. The summed E-state index contributed by atoms with van der Waals surface area (Å²) in [5.74, 6) is 0. The van der Waals surface area contributed by atoms with Crippen molar-refractivity contribution in [3.63, 3.8) is 0 Å². The zero-order chi connectivity index (χ0) is 13.0. The van der Waals surface area contributed by atoms with Crippen LogP contribution in [0.25, 0.3) is 11.9 Å². The van der Waals surface area contributed by atoms with Crippen LogP contribution in [0.1, 0.15) is 30.2 Å². The van der Waals surface area contributed by atoms with Crippen LogP contribution in [0.5, 0.6) is 0 Å². The number of aromatic nitrogens is 1. The van der Waals surface area contributed by atoms with Gasteiger partial charge >= 0.3 is 0 Å². The quantitative estimate of drug-likeness (QED) is 0.860. The largest absolute Gasteiger partial charge is 0.386 e. The molecule has 0 aliphatic rings. The van der Waals surface area contributed by atoms with Crippen LogP contribution in [0, 0.1) is 6.92 Å². The van der Waals surface area contributed by atoms with Crippen LogP contribution in [0.3, 0.4) is 0 Å². The number of rotatable bonds is 5. The van der Waals surface area contributed by atoms with E-state index in [-0.39, 0.29) is 0 Å². The van der Waals surface area contributed by atoms with E-state index in [2.05, 4.69) is 59.0 Å². The Morgan fingerprint density at radius 1 is 1.33 bits per heavy atom. The van der Waals surface area contributed by atoms with Crippen molar-refractivity contribution >= 4 is 23.4 Å². The highest BCUT2D eigenvalue weighted by Gasteiger charge is 2.02. The Labute approximate surface area is 113 Å². The fourth-order valence-corrected chi connectivity index (χ4v) is 2.50. The van der Waals surface area contributed by atoms with E-state index in [1.165, 1.54) is 23.2 Å². The van der Waals surface area contributed by atoms with Crippen LogP contribution in [0.4, 0.5) is 0 Å². The van der Waals surface area contributed by atoms with Crippen molar-refractivity contribution in [3.05, 3.63) is 46.5 Å². The first-order valence-corrected chi connectivity index (χ1v) is 7.20. The molecule has 0 saturated carbocycles. The van der Waals surface area contributed by atoms with E-state index in [0.29, 0.717) is 0 Å². The summed E-state index contributed by atoms with van der Waals surface area (Å²) >= 11 is 1.72. The van der Waals surface area contributed by atoms with Gasteiger partial charge in [0.2, 0.25) is 0 Å². The molecule has 3 heteroatoms. The average molecular weight is 260 g/mol. The Hall–Kier alpha value is -1.48. The minimum Gasteiger partial charge on any atom is -0.386 e. The van der Waals surface area contributed by atoms with Crippen molar-refractivity contribution in [2.45, 2.75) is 26.7 Å². The van der Waals surface area contributed by atoms with Crippen molar-refractivity contribution in [1.82, 2.24) is 9.27 Å². The second-order valence-electron chi connectivity index (χ2n) is 4.43. The van der Waals surface area contributed by atoms with Gasteiger partial charge in [-0.15, -0.1) is 0 Å². The van der Waals surface area contributed by atoms with E-state index in [4.69, 9.17) is 0 Å². The Balaban J connectivity index is 2.21. The molecule has 18 heavy (non-hydrogen) atoms. The van der Waals surface area contributed by atoms with E-state index in [1.54, 1.807) is 11.5 Å². The zero-order valence-electron chi connectivity index (χ0n) is 11.2. The van der Waals surface area contributed by atoms with Crippen LogP contribution >= 0.6 is 11.5 Å². The molecule has 0 atom stereocenters. The highest BCUT2D eigenvalue weighted by molar-refractivity contribution is 7.06. The van der Waals surface area contributed by atoms with Gasteiger partial charge in [0.05, 0.1) is 5.70 Å². The molecule has 2 nitrogen and oxygen atoms in total. The Morgan fingerprint density at radius 2 is 2.06 bits per heavy atom. The summed E-state index contributed by atoms with van der Waals surface area (Å²) < 4.78 is 2.17. The van der Waals surface area contributed by atoms with Crippen molar-refractivity contribution in [3.8, 4) is 0 Å². The molecule has 0 aliphatic heterocycles. The molecule has 96 valence electrons. The maximum absolute atomic E-state index is 3.27. The van der Waals surface area contributed by atoms with Crippen molar-refractivity contribution < 1.29 is 0 Å². The summed E-state index contributed by atoms with van der Waals surface area (Å²) in [6, 6.07) is 8.82. The number of benzene rings is 1. The number of hydrogen-bond acceptors (Lipinski definition) is 2. The van der Waals surface area contributed by atoms with Gasteiger partial charge in [-0.25, -0.2) is 0 Å². The third kappa shape index (κ3) is 2.85. The first-order chi connectivity index (χ1) is 8.74. The fourth-order valence-electron chi connectivity index (χ4n) is 1.89. The maximum Gasteiger partial charge on any atom is 0.0590 e. The Bertz CT molecular complexity index is 517. The van der Waals surface area contributed by atoms with Gasteiger partial charge in [0.15, 0.2) is 0 Å². The molecule has 1 N–H and O–H groups in total. The summed E-state index contributed by atoms with van der Waals surface area (Å²) in [7, 11) is 1.97. The monoisotopic (exact) mass is 260 g/mol. The molecule has 0 bridgehead atoms. The minimum atomic E-state index is 1.15. The predicted molar refractivity (Wildman–Crippen MR) is 80.7 cm³/mol. The lowest BCUT2D eigenvalue weighted by Gasteiger charge is -2.12. The molecular formula is C15H20N2S. The molecule has 0 unspecified atom stereocenters. The van der Waals surface area contributed by atoms with Crippen LogP contribution in [0.15, 0.2) is 29.6 Å². The van der Waals surface area contributed by atoms with Crippen molar-refractivity contribution in [1.29, 1.82) is 0 Å². The SMILES string of the molecule is CCCc1ccc(/C(=C/n2scc2C)NC)cc1. The van der Waals surface area contributed by atoms with E-state index in [1.807, 2.05) is 7.05 Å². The first kappa shape index (κ1) is 13.0. The second-order valence-corrected chi connectivity index (χ2v) is 5.27. The van der Waals surface area contributed by atoms with E-state index < -0.39 is 0 Å². The third-order valence-corrected chi connectivity index (χ3v) is 4.07. The van der Waals surface area contributed by atoms with Gasteiger partial charge in [0.1, 0.15) is 0 Å². The highest BCUT2D eigenvalue weighted by Crippen LogP contribution is 2.18. The summed E-state index contributed by atoms with van der Waals surface area (Å²) in [5, 5.41) is 5.42. The maximum atomic E-state index is 3.27. The minimum absolute atomic E-state index is 1.15.